The van der Waals surface area contributed by atoms with Crippen molar-refractivity contribution < 1.29 is 14.7 Å². The third-order valence-electron chi connectivity index (χ3n) is 4.43. The number of carboxylic acids is 1. The van der Waals surface area contributed by atoms with Gasteiger partial charge >= 0.3 is 5.97 Å². The molecule has 19 heavy (non-hydrogen) atoms. The summed E-state index contributed by atoms with van der Waals surface area (Å²) in [6, 6.07) is 0. The predicted octanol–water partition coefficient (Wildman–Crippen LogP) is 1.67. The van der Waals surface area contributed by atoms with Gasteiger partial charge in [-0.05, 0) is 33.2 Å². The molecule has 1 unspecified atom stereocenters. The van der Waals surface area contributed by atoms with Crippen molar-refractivity contribution in [3.8, 4) is 0 Å². The number of hydrogen-bond donors (Lipinski definition) is 3. The SMILES string of the molecule is CCC(C)(NC(=O)CC1(NC)CCCCC1)C(=O)O. The molecule has 1 rings (SSSR count). The van der Waals surface area contributed by atoms with E-state index in [1.165, 1.54) is 6.42 Å². The number of amides is 1. The smallest absolute Gasteiger partial charge is 0.329 e. The fourth-order valence-electron chi connectivity index (χ4n) is 2.70. The maximum Gasteiger partial charge on any atom is 0.329 e. The van der Waals surface area contributed by atoms with E-state index in [1.807, 2.05) is 7.05 Å². The molecule has 0 bridgehead atoms. The normalized spacial score (nSPS) is 21.4. The quantitative estimate of drug-likeness (QED) is 0.686. The Bertz CT molecular complexity index is 338. The first-order chi connectivity index (χ1) is 8.87. The van der Waals surface area contributed by atoms with Gasteiger partial charge in [0.1, 0.15) is 5.54 Å². The fraction of sp³-hybridized carbons (Fsp3) is 0.857. The zero-order valence-corrected chi connectivity index (χ0v) is 12.2. The van der Waals surface area contributed by atoms with Crippen LogP contribution >= 0.6 is 0 Å². The molecule has 1 aliphatic carbocycles. The highest BCUT2D eigenvalue weighted by molar-refractivity contribution is 5.87. The summed E-state index contributed by atoms with van der Waals surface area (Å²) in [5.41, 5.74) is -1.32. The summed E-state index contributed by atoms with van der Waals surface area (Å²) >= 11 is 0. The van der Waals surface area contributed by atoms with E-state index in [4.69, 9.17) is 0 Å². The highest BCUT2D eigenvalue weighted by atomic mass is 16.4. The molecule has 0 radical (unpaired) electrons. The molecule has 0 aromatic carbocycles. The minimum absolute atomic E-state index is 0.157. The Morgan fingerprint density at radius 2 is 1.84 bits per heavy atom. The Morgan fingerprint density at radius 3 is 2.26 bits per heavy atom. The van der Waals surface area contributed by atoms with Crippen LogP contribution in [0.5, 0.6) is 0 Å². The van der Waals surface area contributed by atoms with Gasteiger partial charge in [0.25, 0.3) is 0 Å². The number of rotatable bonds is 6. The van der Waals surface area contributed by atoms with Crippen LogP contribution in [0.4, 0.5) is 0 Å². The Labute approximate surface area is 115 Å². The number of hydrogen-bond acceptors (Lipinski definition) is 3. The van der Waals surface area contributed by atoms with E-state index in [1.54, 1.807) is 13.8 Å². The van der Waals surface area contributed by atoms with E-state index in [-0.39, 0.29) is 11.4 Å². The lowest BCUT2D eigenvalue weighted by atomic mass is 9.79. The third kappa shape index (κ3) is 3.93. The number of carbonyl (C=O) groups excluding carboxylic acids is 1. The highest BCUT2D eigenvalue weighted by Gasteiger charge is 2.37. The van der Waals surface area contributed by atoms with Crippen molar-refractivity contribution in [2.24, 2.45) is 0 Å². The molecule has 110 valence electrons. The Balaban J connectivity index is 2.65. The summed E-state index contributed by atoms with van der Waals surface area (Å²) in [7, 11) is 1.88. The number of aliphatic carboxylic acids is 1. The molecule has 3 N–H and O–H groups in total. The third-order valence-corrected chi connectivity index (χ3v) is 4.43. The molecule has 1 atom stereocenters. The molecule has 1 fully saturated rings. The van der Waals surface area contributed by atoms with Gasteiger partial charge in [-0.2, -0.15) is 0 Å². The van der Waals surface area contributed by atoms with Crippen molar-refractivity contribution in [3.05, 3.63) is 0 Å². The van der Waals surface area contributed by atoms with Gasteiger partial charge in [0.05, 0.1) is 0 Å². The molecule has 0 spiro atoms. The van der Waals surface area contributed by atoms with Crippen LogP contribution < -0.4 is 10.6 Å². The summed E-state index contributed by atoms with van der Waals surface area (Å²) in [6.07, 6.45) is 6.15. The first kappa shape index (κ1) is 16.0. The Hall–Kier alpha value is -1.10. The van der Waals surface area contributed by atoms with E-state index in [0.29, 0.717) is 12.8 Å². The molecule has 1 amide bonds. The van der Waals surface area contributed by atoms with Crippen molar-refractivity contribution in [2.75, 3.05) is 7.05 Å². The summed E-state index contributed by atoms with van der Waals surface area (Å²) < 4.78 is 0. The van der Waals surface area contributed by atoms with Gasteiger partial charge < -0.3 is 15.7 Å². The van der Waals surface area contributed by atoms with Crippen LogP contribution in [-0.4, -0.2) is 35.1 Å². The average molecular weight is 270 g/mol. The molecule has 1 aliphatic rings. The lowest BCUT2D eigenvalue weighted by Crippen LogP contribution is -2.55. The van der Waals surface area contributed by atoms with Crippen LogP contribution in [0.15, 0.2) is 0 Å². The summed E-state index contributed by atoms with van der Waals surface area (Å²) in [5, 5.41) is 15.1. The topological polar surface area (TPSA) is 78.4 Å². The van der Waals surface area contributed by atoms with Gasteiger partial charge in [-0.25, -0.2) is 4.79 Å². The molecule has 0 aromatic heterocycles. The van der Waals surface area contributed by atoms with Crippen LogP contribution in [-0.2, 0) is 9.59 Å². The largest absolute Gasteiger partial charge is 0.480 e. The zero-order chi connectivity index (χ0) is 14.5. The van der Waals surface area contributed by atoms with Crippen molar-refractivity contribution in [3.63, 3.8) is 0 Å². The molecule has 0 aliphatic heterocycles. The van der Waals surface area contributed by atoms with Gasteiger partial charge in [0.15, 0.2) is 0 Å². The van der Waals surface area contributed by atoms with Crippen LogP contribution in [0, 0.1) is 0 Å². The number of nitrogens with one attached hydrogen (secondary N) is 2. The first-order valence-electron chi connectivity index (χ1n) is 7.11. The lowest BCUT2D eigenvalue weighted by molar-refractivity contribution is -0.147. The van der Waals surface area contributed by atoms with Gasteiger partial charge in [-0.1, -0.05) is 26.2 Å². The van der Waals surface area contributed by atoms with Crippen molar-refractivity contribution in [2.45, 2.75) is 69.9 Å². The maximum atomic E-state index is 12.1. The first-order valence-corrected chi connectivity index (χ1v) is 7.11. The molecule has 5 nitrogen and oxygen atoms in total. The van der Waals surface area contributed by atoms with E-state index in [2.05, 4.69) is 10.6 Å². The average Bonchev–Trinajstić information content (AvgIpc) is 2.39. The summed E-state index contributed by atoms with van der Waals surface area (Å²) in [5.74, 6) is -1.16. The molecular weight excluding hydrogens is 244 g/mol. The fourth-order valence-corrected chi connectivity index (χ4v) is 2.70. The predicted molar refractivity (Wildman–Crippen MR) is 74.0 cm³/mol. The monoisotopic (exact) mass is 270 g/mol. The molecule has 0 saturated heterocycles. The van der Waals surface area contributed by atoms with Crippen molar-refractivity contribution >= 4 is 11.9 Å². The van der Waals surface area contributed by atoms with E-state index in [9.17, 15) is 14.7 Å². The molecule has 0 aromatic rings. The minimum atomic E-state index is -1.17. The van der Waals surface area contributed by atoms with Gasteiger partial charge in [-0.15, -0.1) is 0 Å². The van der Waals surface area contributed by atoms with Gasteiger partial charge in [0, 0.05) is 12.0 Å². The van der Waals surface area contributed by atoms with Crippen LogP contribution in [0.3, 0.4) is 0 Å². The number of carbonyl (C=O) groups is 2. The summed E-state index contributed by atoms with van der Waals surface area (Å²) in [6.45, 7) is 3.32. The van der Waals surface area contributed by atoms with Crippen molar-refractivity contribution in [1.82, 2.24) is 10.6 Å². The standard InChI is InChI=1S/C14H26N2O3/c1-4-13(2,12(18)19)16-11(17)10-14(15-3)8-6-5-7-9-14/h15H,4-10H2,1-3H3,(H,16,17)(H,18,19). The molecule has 0 heterocycles. The second-order valence-corrected chi connectivity index (χ2v) is 5.81. The van der Waals surface area contributed by atoms with Gasteiger partial charge in [-0.3, -0.25) is 4.79 Å². The molecule has 1 saturated carbocycles. The molecular formula is C14H26N2O3. The summed E-state index contributed by atoms with van der Waals surface area (Å²) in [4.78, 5) is 23.3. The Morgan fingerprint density at radius 1 is 1.26 bits per heavy atom. The minimum Gasteiger partial charge on any atom is -0.480 e. The second kappa shape index (κ2) is 6.37. The highest BCUT2D eigenvalue weighted by Crippen LogP contribution is 2.30. The van der Waals surface area contributed by atoms with E-state index in [0.717, 1.165) is 25.7 Å². The van der Waals surface area contributed by atoms with Crippen LogP contribution in [0.2, 0.25) is 0 Å². The van der Waals surface area contributed by atoms with Gasteiger partial charge in [0.2, 0.25) is 5.91 Å². The van der Waals surface area contributed by atoms with E-state index < -0.39 is 11.5 Å². The second-order valence-electron chi connectivity index (χ2n) is 5.81. The number of carboxylic acid groups (broad SMARTS) is 1. The lowest BCUT2D eigenvalue weighted by Gasteiger charge is -2.37. The molecule has 5 heteroatoms. The van der Waals surface area contributed by atoms with Crippen molar-refractivity contribution in [1.29, 1.82) is 0 Å². The zero-order valence-electron chi connectivity index (χ0n) is 12.2. The Kier molecular flexibility index (Phi) is 5.35. The van der Waals surface area contributed by atoms with E-state index >= 15 is 0 Å². The maximum absolute atomic E-state index is 12.1. The van der Waals surface area contributed by atoms with Crippen LogP contribution in [0.1, 0.15) is 58.8 Å². The van der Waals surface area contributed by atoms with Crippen LogP contribution in [0.25, 0.3) is 0 Å².